The molecule has 0 amide bonds. The Bertz CT molecular complexity index is 206. The molecule has 2 nitrogen and oxygen atoms in total. The summed E-state index contributed by atoms with van der Waals surface area (Å²) in [5.41, 5.74) is 1.64. The Morgan fingerprint density at radius 3 is 2.62 bits per heavy atom. The van der Waals surface area contributed by atoms with Gasteiger partial charge in [0.25, 0.3) is 0 Å². The van der Waals surface area contributed by atoms with Gasteiger partial charge in [0.15, 0.2) is 0 Å². The minimum absolute atomic E-state index is 0.713. The molecule has 0 saturated carbocycles. The second-order valence-corrected chi connectivity index (χ2v) is 4.37. The van der Waals surface area contributed by atoms with E-state index in [9.17, 15) is 0 Å². The zero-order valence-corrected chi connectivity index (χ0v) is 8.62. The highest BCUT2D eigenvalue weighted by atomic mass is 16.5. The molecule has 0 N–H and O–H groups in total. The molecular weight excluding hydrogens is 162 g/mol. The predicted molar refractivity (Wildman–Crippen MR) is 53.7 cm³/mol. The summed E-state index contributed by atoms with van der Waals surface area (Å²) in [6.07, 6.45) is 3.67. The Morgan fingerprint density at radius 2 is 2.23 bits per heavy atom. The first-order valence-electron chi connectivity index (χ1n) is 5.28. The van der Waals surface area contributed by atoms with E-state index in [1.54, 1.807) is 5.57 Å². The summed E-state index contributed by atoms with van der Waals surface area (Å²) in [6.45, 7) is 8.84. The summed E-state index contributed by atoms with van der Waals surface area (Å²) in [4.78, 5) is 2.54. The van der Waals surface area contributed by atoms with Crippen molar-refractivity contribution < 1.29 is 4.74 Å². The lowest BCUT2D eigenvalue weighted by molar-refractivity contribution is -0.0622. The van der Waals surface area contributed by atoms with E-state index in [0.29, 0.717) is 6.04 Å². The van der Waals surface area contributed by atoms with Gasteiger partial charge in [-0.1, -0.05) is 25.5 Å². The molecule has 2 heteroatoms. The highest BCUT2D eigenvalue weighted by Crippen LogP contribution is 2.21. The average Bonchev–Trinajstić information content (AvgIpc) is 2.02. The van der Waals surface area contributed by atoms with Crippen molar-refractivity contribution in [1.29, 1.82) is 0 Å². The van der Waals surface area contributed by atoms with Crippen molar-refractivity contribution in [2.24, 2.45) is 5.92 Å². The van der Waals surface area contributed by atoms with Gasteiger partial charge in [0, 0.05) is 13.1 Å². The Kier molecular flexibility index (Phi) is 2.70. The lowest BCUT2D eigenvalue weighted by Gasteiger charge is -2.39. The maximum absolute atomic E-state index is 5.20. The van der Waals surface area contributed by atoms with Crippen LogP contribution in [0.5, 0.6) is 0 Å². The van der Waals surface area contributed by atoms with E-state index in [1.165, 1.54) is 13.0 Å². The largest absolute Gasteiger partial charge is 0.378 e. The normalized spacial score (nSPS) is 25.9. The molecule has 1 saturated heterocycles. The first kappa shape index (κ1) is 9.22. The minimum Gasteiger partial charge on any atom is -0.378 e. The molecule has 1 fully saturated rings. The number of hydrogen-bond donors (Lipinski definition) is 0. The van der Waals surface area contributed by atoms with Crippen LogP contribution < -0.4 is 0 Å². The van der Waals surface area contributed by atoms with Crippen LogP contribution in [-0.2, 0) is 4.74 Å². The predicted octanol–water partition coefficient (Wildman–Crippen LogP) is 1.67. The van der Waals surface area contributed by atoms with Gasteiger partial charge in [-0.15, -0.1) is 0 Å². The van der Waals surface area contributed by atoms with Gasteiger partial charge in [0.2, 0.25) is 0 Å². The van der Waals surface area contributed by atoms with Crippen LogP contribution in [0.25, 0.3) is 0 Å². The second-order valence-electron chi connectivity index (χ2n) is 4.37. The monoisotopic (exact) mass is 181 g/mol. The third-order valence-electron chi connectivity index (χ3n) is 3.15. The fraction of sp³-hybridized carbons (Fsp3) is 0.818. The van der Waals surface area contributed by atoms with Crippen molar-refractivity contribution >= 4 is 0 Å². The first-order valence-corrected chi connectivity index (χ1v) is 5.28. The smallest absolute Gasteiger partial charge is 0.0645 e. The molecule has 0 spiro atoms. The van der Waals surface area contributed by atoms with Gasteiger partial charge < -0.3 is 4.74 Å². The molecule has 0 unspecified atom stereocenters. The van der Waals surface area contributed by atoms with Crippen LogP contribution in [0, 0.1) is 5.92 Å². The zero-order chi connectivity index (χ0) is 9.26. The third-order valence-corrected chi connectivity index (χ3v) is 3.15. The van der Waals surface area contributed by atoms with Gasteiger partial charge in [-0.2, -0.15) is 0 Å². The summed E-state index contributed by atoms with van der Waals surface area (Å²) in [7, 11) is 0. The first-order chi connectivity index (χ1) is 6.27. The summed E-state index contributed by atoms with van der Waals surface area (Å²) in [5, 5.41) is 0. The van der Waals surface area contributed by atoms with Crippen molar-refractivity contribution in [2.45, 2.75) is 26.3 Å². The lowest BCUT2D eigenvalue weighted by Crippen LogP contribution is -2.50. The molecule has 2 rings (SSSR count). The molecule has 2 aliphatic rings. The van der Waals surface area contributed by atoms with Crippen LogP contribution in [0.1, 0.15) is 20.3 Å². The average molecular weight is 181 g/mol. The maximum atomic E-state index is 5.20. The van der Waals surface area contributed by atoms with Crippen LogP contribution in [0.3, 0.4) is 0 Å². The molecule has 13 heavy (non-hydrogen) atoms. The number of rotatable bonds is 2. The summed E-state index contributed by atoms with van der Waals surface area (Å²) >= 11 is 0. The standard InChI is InChI=1S/C11H19NO/c1-9(2)10-3-5-12(6-4-10)11-7-13-8-11/h3,9,11H,4-8H2,1-2H3. The summed E-state index contributed by atoms with van der Waals surface area (Å²) in [5.74, 6) is 0.736. The summed E-state index contributed by atoms with van der Waals surface area (Å²) < 4.78 is 5.20. The molecule has 2 aliphatic heterocycles. The van der Waals surface area contributed by atoms with E-state index in [4.69, 9.17) is 4.74 Å². The Labute approximate surface area is 80.6 Å². The molecular formula is C11H19NO. The molecule has 74 valence electrons. The molecule has 0 bridgehead atoms. The fourth-order valence-electron chi connectivity index (χ4n) is 1.99. The van der Waals surface area contributed by atoms with E-state index in [-0.39, 0.29) is 0 Å². The van der Waals surface area contributed by atoms with Gasteiger partial charge in [0.05, 0.1) is 19.3 Å². The Balaban J connectivity index is 1.87. The van der Waals surface area contributed by atoms with Crippen molar-refractivity contribution in [1.82, 2.24) is 4.90 Å². The number of ether oxygens (including phenoxy) is 1. The Morgan fingerprint density at radius 1 is 1.46 bits per heavy atom. The van der Waals surface area contributed by atoms with E-state index >= 15 is 0 Å². The zero-order valence-electron chi connectivity index (χ0n) is 8.62. The maximum Gasteiger partial charge on any atom is 0.0645 e. The van der Waals surface area contributed by atoms with E-state index in [1.807, 2.05) is 0 Å². The van der Waals surface area contributed by atoms with Crippen LogP contribution in [0.4, 0.5) is 0 Å². The highest BCUT2D eigenvalue weighted by Gasteiger charge is 2.26. The molecule has 0 aromatic carbocycles. The third kappa shape index (κ3) is 1.94. The number of nitrogens with zero attached hydrogens (tertiary/aromatic N) is 1. The van der Waals surface area contributed by atoms with Crippen molar-refractivity contribution in [3.8, 4) is 0 Å². The van der Waals surface area contributed by atoms with Crippen LogP contribution in [0.2, 0.25) is 0 Å². The van der Waals surface area contributed by atoms with E-state index in [2.05, 4.69) is 24.8 Å². The fourth-order valence-corrected chi connectivity index (χ4v) is 1.99. The van der Waals surface area contributed by atoms with Gasteiger partial charge in [-0.05, 0) is 12.3 Å². The van der Waals surface area contributed by atoms with Crippen molar-refractivity contribution in [3.05, 3.63) is 11.6 Å². The molecule has 0 radical (unpaired) electrons. The van der Waals surface area contributed by atoms with E-state index < -0.39 is 0 Å². The molecule has 2 heterocycles. The SMILES string of the molecule is CC(C)C1=CCN(C2COC2)CC1. The quantitative estimate of drug-likeness (QED) is 0.601. The van der Waals surface area contributed by atoms with Crippen LogP contribution in [0.15, 0.2) is 11.6 Å². The summed E-state index contributed by atoms with van der Waals surface area (Å²) in [6, 6.07) is 0.713. The highest BCUT2D eigenvalue weighted by molar-refractivity contribution is 5.10. The molecule has 0 atom stereocenters. The van der Waals surface area contributed by atoms with Crippen molar-refractivity contribution in [3.63, 3.8) is 0 Å². The topological polar surface area (TPSA) is 12.5 Å². The lowest BCUT2D eigenvalue weighted by atomic mass is 9.96. The molecule has 0 aromatic heterocycles. The van der Waals surface area contributed by atoms with Gasteiger partial charge in [0.1, 0.15) is 0 Å². The van der Waals surface area contributed by atoms with Gasteiger partial charge in [-0.3, -0.25) is 4.90 Å². The van der Waals surface area contributed by atoms with Crippen molar-refractivity contribution in [2.75, 3.05) is 26.3 Å². The van der Waals surface area contributed by atoms with Gasteiger partial charge >= 0.3 is 0 Å². The van der Waals surface area contributed by atoms with Crippen LogP contribution >= 0.6 is 0 Å². The second kappa shape index (κ2) is 3.81. The molecule has 0 aliphatic carbocycles. The minimum atomic E-state index is 0.713. The van der Waals surface area contributed by atoms with Gasteiger partial charge in [-0.25, -0.2) is 0 Å². The Hall–Kier alpha value is -0.340. The molecule has 0 aromatic rings. The van der Waals surface area contributed by atoms with Crippen LogP contribution in [-0.4, -0.2) is 37.2 Å². The number of hydrogen-bond acceptors (Lipinski definition) is 2. The van der Waals surface area contributed by atoms with E-state index in [0.717, 1.165) is 25.7 Å².